The Kier molecular flexibility index (Phi) is 7.63. The SMILES string of the molecule is CCC(C)(Pc1ccccc1C(F)(F)F)c1cc(C)cc(C(C)(C)C)c1OCOC. The molecule has 2 aromatic rings. The van der Waals surface area contributed by atoms with Crippen molar-refractivity contribution in [1.29, 1.82) is 0 Å². The van der Waals surface area contributed by atoms with Gasteiger partial charge in [0.2, 0.25) is 0 Å². The Morgan fingerprint density at radius 3 is 2.07 bits per heavy atom. The fourth-order valence-electron chi connectivity index (χ4n) is 3.50. The molecule has 0 N–H and O–H groups in total. The maximum absolute atomic E-state index is 13.6. The van der Waals surface area contributed by atoms with E-state index in [2.05, 4.69) is 26.8 Å². The largest absolute Gasteiger partial charge is 0.467 e. The highest BCUT2D eigenvalue weighted by atomic mass is 31.1. The van der Waals surface area contributed by atoms with Crippen LogP contribution in [0.15, 0.2) is 36.4 Å². The van der Waals surface area contributed by atoms with Crippen LogP contribution in [0.1, 0.15) is 63.3 Å². The first-order valence-corrected chi connectivity index (χ1v) is 11.0. The van der Waals surface area contributed by atoms with Gasteiger partial charge in [0.1, 0.15) is 5.75 Å². The summed E-state index contributed by atoms with van der Waals surface area (Å²) in [6.07, 6.45) is -3.70. The molecule has 30 heavy (non-hydrogen) atoms. The Morgan fingerprint density at radius 1 is 0.933 bits per heavy atom. The molecule has 2 aromatic carbocycles. The molecule has 0 aliphatic rings. The normalized spacial score (nSPS) is 14.9. The van der Waals surface area contributed by atoms with Gasteiger partial charge in [0.15, 0.2) is 6.79 Å². The molecule has 0 aliphatic carbocycles. The third kappa shape index (κ3) is 5.56. The monoisotopic (exact) mass is 440 g/mol. The van der Waals surface area contributed by atoms with Crippen molar-refractivity contribution in [2.75, 3.05) is 13.9 Å². The molecule has 0 spiro atoms. The first-order chi connectivity index (χ1) is 13.8. The van der Waals surface area contributed by atoms with Gasteiger partial charge in [-0.1, -0.05) is 79.1 Å². The number of methoxy groups -OCH3 is 1. The summed E-state index contributed by atoms with van der Waals surface area (Å²) in [5.41, 5.74) is 2.27. The molecule has 0 amide bonds. The average Bonchev–Trinajstić information content (AvgIpc) is 2.65. The minimum atomic E-state index is -4.38. The van der Waals surface area contributed by atoms with Crippen LogP contribution in [0, 0.1) is 6.92 Å². The Bertz CT molecular complexity index is 872. The Hall–Kier alpha value is -1.58. The van der Waals surface area contributed by atoms with E-state index >= 15 is 0 Å². The minimum Gasteiger partial charge on any atom is -0.467 e. The van der Waals surface area contributed by atoms with Gasteiger partial charge in [-0.25, -0.2) is 0 Å². The number of aryl methyl sites for hydroxylation is 1. The van der Waals surface area contributed by atoms with Crippen molar-refractivity contribution in [3.8, 4) is 5.75 Å². The molecule has 0 bridgehead atoms. The maximum atomic E-state index is 13.6. The van der Waals surface area contributed by atoms with Crippen molar-refractivity contribution in [2.24, 2.45) is 0 Å². The molecule has 166 valence electrons. The van der Waals surface area contributed by atoms with Crippen molar-refractivity contribution >= 4 is 13.9 Å². The van der Waals surface area contributed by atoms with E-state index in [0.717, 1.165) is 28.5 Å². The zero-order valence-corrected chi connectivity index (χ0v) is 19.8. The predicted molar refractivity (Wildman–Crippen MR) is 119 cm³/mol. The van der Waals surface area contributed by atoms with Crippen molar-refractivity contribution in [2.45, 2.75) is 64.7 Å². The third-order valence-electron chi connectivity index (χ3n) is 5.31. The van der Waals surface area contributed by atoms with Crippen LogP contribution in [0.4, 0.5) is 13.2 Å². The first kappa shape index (κ1) is 24.7. The van der Waals surface area contributed by atoms with Crippen LogP contribution in [-0.4, -0.2) is 13.9 Å². The minimum absolute atomic E-state index is 0.0648. The zero-order chi connectivity index (χ0) is 22.7. The second-order valence-corrected chi connectivity index (χ2v) is 10.7. The lowest BCUT2D eigenvalue weighted by Gasteiger charge is -2.35. The quantitative estimate of drug-likeness (QED) is 0.344. The van der Waals surface area contributed by atoms with E-state index in [0.29, 0.717) is 11.7 Å². The second-order valence-electron chi connectivity index (χ2n) is 8.84. The molecule has 2 unspecified atom stereocenters. The summed E-state index contributed by atoms with van der Waals surface area (Å²) in [6.45, 7) is 12.5. The second kappa shape index (κ2) is 9.28. The van der Waals surface area contributed by atoms with Crippen LogP contribution in [0.5, 0.6) is 5.75 Å². The fraction of sp³-hybridized carbons (Fsp3) is 0.500. The Morgan fingerprint density at radius 2 is 1.53 bits per heavy atom. The highest BCUT2D eigenvalue weighted by Crippen LogP contribution is 2.51. The summed E-state index contributed by atoms with van der Waals surface area (Å²) in [7, 11) is 1.50. The highest BCUT2D eigenvalue weighted by Gasteiger charge is 2.37. The van der Waals surface area contributed by atoms with Gasteiger partial charge >= 0.3 is 6.18 Å². The number of halogens is 3. The van der Waals surface area contributed by atoms with E-state index < -0.39 is 16.9 Å². The number of alkyl halides is 3. The maximum Gasteiger partial charge on any atom is 0.417 e. The number of hydrogen-bond donors (Lipinski definition) is 0. The molecular weight excluding hydrogens is 408 g/mol. The highest BCUT2D eigenvalue weighted by molar-refractivity contribution is 7.48. The molecule has 2 rings (SSSR count). The van der Waals surface area contributed by atoms with Gasteiger partial charge in [-0.2, -0.15) is 13.2 Å². The fourth-order valence-corrected chi connectivity index (χ4v) is 5.13. The molecule has 0 saturated carbocycles. The van der Waals surface area contributed by atoms with E-state index in [1.54, 1.807) is 19.2 Å². The molecule has 0 fully saturated rings. The van der Waals surface area contributed by atoms with Gasteiger partial charge in [-0.05, 0) is 30.1 Å². The van der Waals surface area contributed by atoms with E-state index in [1.165, 1.54) is 6.07 Å². The lowest BCUT2D eigenvalue weighted by molar-refractivity contribution is -0.136. The van der Waals surface area contributed by atoms with Crippen LogP contribution < -0.4 is 10.0 Å². The summed E-state index contributed by atoms with van der Waals surface area (Å²) in [5.74, 6) is 0.719. The van der Waals surface area contributed by atoms with Crippen LogP contribution in [-0.2, 0) is 21.5 Å². The molecule has 2 atom stereocenters. The third-order valence-corrected chi connectivity index (χ3v) is 7.19. The molecule has 0 saturated heterocycles. The predicted octanol–water partition coefficient (Wildman–Crippen LogP) is 6.92. The standard InChI is InChI=1S/C24H32F3O2P/c1-8-23(6,30-20-12-10-9-11-17(20)24(25,26)27)19-14-16(2)13-18(22(3,4)5)21(19)29-15-28-7/h9-14,30H,8,15H2,1-7H3. The van der Waals surface area contributed by atoms with Crippen LogP contribution in [0.2, 0.25) is 0 Å². The van der Waals surface area contributed by atoms with E-state index in [-0.39, 0.29) is 20.8 Å². The van der Waals surface area contributed by atoms with Gasteiger partial charge in [0, 0.05) is 23.4 Å². The summed E-state index contributed by atoms with van der Waals surface area (Å²) < 4.78 is 52.1. The first-order valence-electron chi connectivity index (χ1n) is 10.0. The zero-order valence-electron chi connectivity index (χ0n) is 18.8. The van der Waals surface area contributed by atoms with E-state index in [4.69, 9.17) is 9.47 Å². The van der Waals surface area contributed by atoms with Crippen LogP contribution >= 0.6 is 8.58 Å². The van der Waals surface area contributed by atoms with Gasteiger partial charge in [-0.15, -0.1) is 0 Å². The molecule has 2 nitrogen and oxygen atoms in total. The molecule has 6 heteroatoms. The Labute approximate surface area is 180 Å². The van der Waals surface area contributed by atoms with Crippen LogP contribution in [0.3, 0.4) is 0 Å². The summed E-state index contributed by atoms with van der Waals surface area (Å²) in [4.78, 5) is 0. The number of hydrogen-bond acceptors (Lipinski definition) is 2. The van der Waals surface area contributed by atoms with Crippen molar-refractivity contribution < 1.29 is 22.6 Å². The van der Waals surface area contributed by atoms with Gasteiger partial charge < -0.3 is 9.47 Å². The van der Waals surface area contributed by atoms with Crippen LogP contribution in [0.25, 0.3) is 0 Å². The summed E-state index contributed by atoms with van der Waals surface area (Å²) >= 11 is 0. The van der Waals surface area contributed by atoms with Crippen molar-refractivity contribution in [3.05, 3.63) is 58.7 Å². The number of benzene rings is 2. The molecule has 0 radical (unpaired) electrons. The lowest BCUT2D eigenvalue weighted by atomic mass is 9.81. The Balaban J connectivity index is 2.69. The number of rotatable bonds is 7. The van der Waals surface area contributed by atoms with Crippen molar-refractivity contribution in [3.63, 3.8) is 0 Å². The molecule has 0 aromatic heterocycles. The summed E-state index contributed by atoms with van der Waals surface area (Å²) in [6, 6.07) is 10.0. The molecular formula is C24H32F3O2P. The number of ether oxygens (including phenoxy) is 2. The topological polar surface area (TPSA) is 18.5 Å². The van der Waals surface area contributed by atoms with E-state index in [9.17, 15) is 13.2 Å². The summed E-state index contributed by atoms with van der Waals surface area (Å²) in [5, 5.41) is -0.193. The van der Waals surface area contributed by atoms with E-state index in [1.807, 2.05) is 26.8 Å². The molecule has 0 heterocycles. The molecule has 0 aliphatic heterocycles. The van der Waals surface area contributed by atoms with Gasteiger partial charge in [0.25, 0.3) is 0 Å². The van der Waals surface area contributed by atoms with Crippen molar-refractivity contribution in [1.82, 2.24) is 0 Å². The smallest absolute Gasteiger partial charge is 0.417 e. The van der Waals surface area contributed by atoms with Gasteiger partial charge in [-0.3, -0.25) is 0 Å². The van der Waals surface area contributed by atoms with Gasteiger partial charge in [0.05, 0.1) is 5.56 Å². The lowest BCUT2D eigenvalue weighted by Crippen LogP contribution is -2.25. The average molecular weight is 440 g/mol.